The minimum atomic E-state index is -0.0824. The van der Waals surface area contributed by atoms with Gasteiger partial charge in [-0.05, 0) is 35.6 Å². The van der Waals surface area contributed by atoms with Crippen molar-refractivity contribution in [3.63, 3.8) is 0 Å². The molecule has 0 bridgehead atoms. The predicted molar refractivity (Wildman–Crippen MR) is 115 cm³/mol. The van der Waals surface area contributed by atoms with E-state index in [2.05, 4.69) is 13.5 Å². The van der Waals surface area contributed by atoms with Crippen LogP contribution in [0.1, 0.15) is 23.3 Å². The van der Waals surface area contributed by atoms with Gasteiger partial charge in [-0.3, -0.25) is 4.79 Å². The smallest absolute Gasteiger partial charge is 0.214 e. The van der Waals surface area contributed by atoms with E-state index in [1.54, 1.807) is 43.0 Å². The van der Waals surface area contributed by atoms with Crippen LogP contribution in [0.4, 0.5) is 5.69 Å². The maximum absolute atomic E-state index is 11.7. The number of hydrogen-bond acceptors (Lipinski definition) is 4. The molecule has 1 amide bonds. The number of para-hydroxylation sites is 1. The van der Waals surface area contributed by atoms with Crippen molar-refractivity contribution >= 4 is 35.5 Å². The molecule has 2 rings (SSSR count). The standard InChI is InChI=1S/C21H24ClNO3S/c1-5-12-23(14-24)18-11-10-15(22)13-17(18)21(27-6-2)16-8-7-9-19(25-3)20(16)26-4/h5,7-11,13-14,21H,1,6,12H2,2-4H3. The second-order valence-corrected chi connectivity index (χ2v) is 7.49. The first-order valence-electron chi connectivity index (χ1n) is 8.55. The number of rotatable bonds is 10. The summed E-state index contributed by atoms with van der Waals surface area (Å²) >= 11 is 8.05. The number of halogens is 1. The quantitative estimate of drug-likeness (QED) is 0.394. The van der Waals surface area contributed by atoms with E-state index in [0.29, 0.717) is 23.1 Å². The van der Waals surface area contributed by atoms with Crippen LogP contribution in [0.5, 0.6) is 11.5 Å². The van der Waals surface area contributed by atoms with Crippen LogP contribution < -0.4 is 14.4 Å². The molecule has 0 saturated carbocycles. The second kappa shape index (κ2) is 10.3. The van der Waals surface area contributed by atoms with Crippen LogP contribution in [0.15, 0.2) is 49.1 Å². The largest absolute Gasteiger partial charge is 0.493 e. The monoisotopic (exact) mass is 405 g/mol. The number of amides is 1. The summed E-state index contributed by atoms with van der Waals surface area (Å²) in [4.78, 5) is 13.3. The van der Waals surface area contributed by atoms with Gasteiger partial charge in [0.25, 0.3) is 0 Å². The lowest BCUT2D eigenvalue weighted by Gasteiger charge is -2.26. The second-order valence-electron chi connectivity index (χ2n) is 5.67. The van der Waals surface area contributed by atoms with Crippen LogP contribution in [0.25, 0.3) is 0 Å². The lowest BCUT2D eigenvalue weighted by molar-refractivity contribution is -0.107. The van der Waals surface area contributed by atoms with Gasteiger partial charge in [-0.1, -0.05) is 36.7 Å². The van der Waals surface area contributed by atoms with Crippen LogP contribution in [0, 0.1) is 0 Å². The van der Waals surface area contributed by atoms with E-state index in [0.717, 1.165) is 29.0 Å². The van der Waals surface area contributed by atoms with E-state index in [1.807, 2.05) is 30.3 Å². The van der Waals surface area contributed by atoms with Crippen molar-refractivity contribution in [3.05, 3.63) is 65.2 Å². The van der Waals surface area contributed by atoms with Gasteiger partial charge in [0.2, 0.25) is 6.41 Å². The van der Waals surface area contributed by atoms with Crippen LogP contribution in [-0.2, 0) is 4.79 Å². The first kappa shape index (κ1) is 21.2. The summed E-state index contributed by atoms with van der Waals surface area (Å²) in [7, 11) is 3.25. The van der Waals surface area contributed by atoms with Crippen molar-refractivity contribution in [1.29, 1.82) is 0 Å². The topological polar surface area (TPSA) is 38.8 Å². The number of anilines is 1. The summed E-state index contributed by atoms with van der Waals surface area (Å²) in [6.45, 7) is 6.25. The van der Waals surface area contributed by atoms with E-state index in [1.165, 1.54) is 0 Å². The van der Waals surface area contributed by atoms with Gasteiger partial charge in [-0.15, -0.1) is 18.3 Å². The van der Waals surface area contributed by atoms with Gasteiger partial charge in [0.15, 0.2) is 11.5 Å². The van der Waals surface area contributed by atoms with E-state index in [4.69, 9.17) is 21.1 Å². The Labute approximate surface area is 170 Å². The molecule has 2 aromatic carbocycles. The Morgan fingerprint density at radius 1 is 1.22 bits per heavy atom. The molecule has 144 valence electrons. The zero-order chi connectivity index (χ0) is 19.8. The molecule has 2 aromatic rings. The summed E-state index contributed by atoms with van der Waals surface area (Å²) in [6, 6.07) is 11.4. The Bertz CT molecular complexity index is 797. The molecule has 6 heteroatoms. The fourth-order valence-electron chi connectivity index (χ4n) is 2.97. The van der Waals surface area contributed by atoms with Crippen LogP contribution in [-0.4, -0.2) is 32.9 Å². The van der Waals surface area contributed by atoms with Crippen molar-refractivity contribution in [1.82, 2.24) is 0 Å². The van der Waals surface area contributed by atoms with Gasteiger partial charge in [-0.2, -0.15) is 0 Å². The molecule has 0 saturated heterocycles. The highest BCUT2D eigenvalue weighted by Gasteiger charge is 2.25. The predicted octanol–water partition coefficient (Wildman–Crippen LogP) is 5.35. The number of benzene rings is 2. The highest BCUT2D eigenvalue weighted by molar-refractivity contribution is 7.99. The number of ether oxygens (including phenoxy) is 2. The Balaban J connectivity index is 2.69. The lowest BCUT2D eigenvalue weighted by Crippen LogP contribution is -2.23. The number of methoxy groups -OCH3 is 2. The molecular formula is C21H24ClNO3S. The summed E-state index contributed by atoms with van der Waals surface area (Å²) < 4.78 is 11.1. The van der Waals surface area contributed by atoms with Gasteiger partial charge in [-0.25, -0.2) is 0 Å². The normalized spacial score (nSPS) is 11.6. The first-order valence-corrected chi connectivity index (χ1v) is 9.98. The molecule has 0 aliphatic carbocycles. The van der Waals surface area contributed by atoms with Gasteiger partial charge in [0, 0.05) is 22.8 Å². The summed E-state index contributed by atoms with van der Waals surface area (Å²) in [6.07, 6.45) is 2.51. The molecular weight excluding hydrogens is 382 g/mol. The first-order chi connectivity index (χ1) is 13.1. The molecule has 0 fully saturated rings. The van der Waals surface area contributed by atoms with Crippen molar-refractivity contribution in [2.24, 2.45) is 0 Å². The summed E-state index contributed by atoms with van der Waals surface area (Å²) in [5.41, 5.74) is 2.71. The van der Waals surface area contributed by atoms with Crippen LogP contribution in [0.3, 0.4) is 0 Å². The van der Waals surface area contributed by atoms with E-state index >= 15 is 0 Å². The fourth-order valence-corrected chi connectivity index (χ4v) is 4.21. The minimum absolute atomic E-state index is 0.0824. The summed E-state index contributed by atoms with van der Waals surface area (Å²) in [5, 5.41) is 0.530. The molecule has 0 aliphatic heterocycles. The maximum Gasteiger partial charge on any atom is 0.214 e. The molecule has 1 atom stereocenters. The third-order valence-electron chi connectivity index (χ3n) is 4.08. The van der Waals surface area contributed by atoms with Crippen molar-refractivity contribution in [2.75, 3.05) is 31.4 Å². The van der Waals surface area contributed by atoms with E-state index in [-0.39, 0.29) is 5.25 Å². The molecule has 0 N–H and O–H groups in total. The highest BCUT2D eigenvalue weighted by Crippen LogP contribution is 2.47. The van der Waals surface area contributed by atoms with Gasteiger partial charge in [0.1, 0.15) is 0 Å². The molecule has 0 spiro atoms. The number of nitrogens with zero attached hydrogens (tertiary/aromatic N) is 1. The van der Waals surface area contributed by atoms with Crippen molar-refractivity contribution < 1.29 is 14.3 Å². The maximum atomic E-state index is 11.7. The minimum Gasteiger partial charge on any atom is -0.493 e. The molecule has 27 heavy (non-hydrogen) atoms. The Morgan fingerprint density at radius 2 is 2.00 bits per heavy atom. The van der Waals surface area contributed by atoms with E-state index in [9.17, 15) is 4.79 Å². The number of carbonyl (C=O) groups excluding carboxylic acids is 1. The third-order valence-corrected chi connectivity index (χ3v) is 5.49. The molecule has 0 aliphatic rings. The average molecular weight is 406 g/mol. The van der Waals surface area contributed by atoms with Crippen LogP contribution in [0.2, 0.25) is 5.02 Å². The highest BCUT2D eigenvalue weighted by atomic mass is 35.5. The van der Waals surface area contributed by atoms with Gasteiger partial charge < -0.3 is 14.4 Å². The zero-order valence-corrected chi connectivity index (χ0v) is 17.3. The molecule has 4 nitrogen and oxygen atoms in total. The summed E-state index contributed by atoms with van der Waals surface area (Å²) in [5.74, 6) is 2.22. The molecule has 0 aromatic heterocycles. The zero-order valence-electron chi connectivity index (χ0n) is 15.8. The Hall–Kier alpha value is -2.11. The van der Waals surface area contributed by atoms with Gasteiger partial charge in [0.05, 0.1) is 19.5 Å². The van der Waals surface area contributed by atoms with Crippen molar-refractivity contribution in [2.45, 2.75) is 12.2 Å². The Morgan fingerprint density at radius 3 is 2.59 bits per heavy atom. The lowest BCUT2D eigenvalue weighted by atomic mass is 10.0. The van der Waals surface area contributed by atoms with E-state index < -0.39 is 0 Å². The number of hydrogen-bond donors (Lipinski definition) is 0. The third kappa shape index (κ3) is 4.79. The number of carbonyl (C=O) groups is 1. The molecule has 1 unspecified atom stereocenters. The number of thioether (sulfide) groups is 1. The molecule has 0 heterocycles. The van der Waals surface area contributed by atoms with Gasteiger partial charge >= 0.3 is 0 Å². The molecule has 0 radical (unpaired) electrons. The van der Waals surface area contributed by atoms with Crippen molar-refractivity contribution in [3.8, 4) is 11.5 Å². The average Bonchev–Trinajstić information content (AvgIpc) is 2.69. The van der Waals surface area contributed by atoms with Crippen LogP contribution >= 0.6 is 23.4 Å². The Kier molecular flexibility index (Phi) is 8.07. The SMILES string of the molecule is C=CCN(C=O)c1ccc(Cl)cc1C(SCC)c1cccc(OC)c1OC. The fraction of sp³-hybridized carbons (Fsp3) is 0.286.